The molecule has 0 spiro atoms. The predicted octanol–water partition coefficient (Wildman–Crippen LogP) is 2.50. The standard InChI is InChI=1S/C18H21N3O3S.ClH/c1-12-7-8-15(11-16(12)25(23,24)21-14-9-10-14)20-18(22)17(19)13-5-3-2-4-6-13;/h2-8,11,14,17,21H,9-10,19H2,1H3,(H,20,22);1H. The molecule has 1 unspecified atom stereocenters. The van der Waals surface area contributed by atoms with Crippen LogP contribution in [0.3, 0.4) is 0 Å². The van der Waals surface area contributed by atoms with Crippen LogP contribution in [0.2, 0.25) is 0 Å². The second-order valence-electron chi connectivity index (χ2n) is 6.25. The van der Waals surface area contributed by atoms with E-state index in [1.165, 1.54) is 6.07 Å². The third kappa shape index (κ3) is 4.82. The van der Waals surface area contributed by atoms with E-state index in [1.807, 2.05) is 18.2 Å². The highest BCUT2D eigenvalue weighted by Crippen LogP contribution is 2.25. The van der Waals surface area contributed by atoms with Gasteiger partial charge in [-0.25, -0.2) is 13.1 Å². The van der Waals surface area contributed by atoms with Gasteiger partial charge in [0.05, 0.1) is 4.90 Å². The highest BCUT2D eigenvalue weighted by atomic mass is 35.5. The fraction of sp³-hybridized carbons (Fsp3) is 0.278. The van der Waals surface area contributed by atoms with Crippen LogP contribution < -0.4 is 15.8 Å². The van der Waals surface area contributed by atoms with Gasteiger partial charge in [0.1, 0.15) is 6.04 Å². The number of sulfonamides is 1. The first-order valence-electron chi connectivity index (χ1n) is 8.11. The first kappa shape index (κ1) is 20.4. The van der Waals surface area contributed by atoms with Crippen molar-refractivity contribution in [2.24, 2.45) is 5.73 Å². The van der Waals surface area contributed by atoms with Crippen LogP contribution in [-0.2, 0) is 14.8 Å². The molecule has 3 rings (SSSR count). The van der Waals surface area contributed by atoms with Gasteiger partial charge >= 0.3 is 0 Å². The van der Waals surface area contributed by atoms with Crippen LogP contribution in [-0.4, -0.2) is 20.4 Å². The zero-order chi connectivity index (χ0) is 18.0. The SMILES string of the molecule is Cc1ccc(NC(=O)C(N)c2ccccc2)cc1S(=O)(=O)NC1CC1.Cl. The molecule has 0 aromatic heterocycles. The van der Waals surface area contributed by atoms with Gasteiger partial charge in [-0.3, -0.25) is 4.79 Å². The van der Waals surface area contributed by atoms with Gasteiger partial charge in [0.15, 0.2) is 0 Å². The average Bonchev–Trinajstić information content (AvgIpc) is 3.39. The highest BCUT2D eigenvalue weighted by Gasteiger charge is 2.29. The lowest BCUT2D eigenvalue weighted by atomic mass is 10.1. The van der Waals surface area contributed by atoms with Crippen LogP contribution in [0, 0.1) is 6.92 Å². The van der Waals surface area contributed by atoms with Crippen LogP contribution in [0.4, 0.5) is 5.69 Å². The van der Waals surface area contributed by atoms with Gasteiger partial charge in [-0.1, -0.05) is 36.4 Å². The van der Waals surface area contributed by atoms with Crippen LogP contribution in [0.15, 0.2) is 53.4 Å². The summed E-state index contributed by atoms with van der Waals surface area (Å²) in [5, 5.41) is 2.69. The van der Waals surface area contributed by atoms with Gasteiger partial charge in [-0.05, 0) is 43.0 Å². The number of amides is 1. The van der Waals surface area contributed by atoms with Crippen molar-refractivity contribution < 1.29 is 13.2 Å². The summed E-state index contributed by atoms with van der Waals surface area (Å²) in [6.07, 6.45) is 1.72. The van der Waals surface area contributed by atoms with Crippen molar-refractivity contribution in [3.63, 3.8) is 0 Å². The molecule has 1 amide bonds. The van der Waals surface area contributed by atoms with E-state index in [1.54, 1.807) is 31.2 Å². The maximum Gasteiger partial charge on any atom is 0.245 e. The first-order chi connectivity index (χ1) is 11.9. The Hall–Kier alpha value is -1.93. The van der Waals surface area contributed by atoms with E-state index in [2.05, 4.69) is 10.0 Å². The number of nitrogens with two attached hydrogens (primary N) is 1. The number of hydrogen-bond acceptors (Lipinski definition) is 4. The van der Waals surface area contributed by atoms with Gasteiger partial charge in [0, 0.05) is 11.7 Å². The molecule has 0 bridgehead atoms. The summed E-state index contributed by atoms with van der Waals surface area (Å²) in [6.45, 7) is 1.72. The molecule has 1 atom stereocenters. The highest BCUT2D eigenvalue weighted by molar-refractivity contribution is 7.89. The zero-order valence-corrected chi connectivity index (χ0v) is 15.9. The summed E-state index contributed by atoms with van der Waals surface area (Å²) < 4.78 is 27.5. The number of carbonyl (C=O) groups excluding carboxylic acids is 1. The molecule has 0 heterocycles. The summed E-state index contributed by atoms with van der Waals surface area (Å²) in [5.74, 6) is -0.395. The molecule has 0 radical (unpaired) electrons. The smallest absolute Gasteiger partial charge is 0.245 e. The molecule has 140 valence electrons. The minimum absolute atomic E-state index is 0. The van der Waals surface area contributed by atoms with Crippen LogP contribution in [0.25, 0.3) is 0 Å². The number of aryl methyl sites for hydroxylation is 1. The van der Waals surface area contributed by atoms with Crippen molar-refractivity contribution in [1.82, 2.24) is 4.72 Å². The van der Waals surface area contributed by atoms with Gasteiger partial charge in [-0.15, -0.1) is 12.4 Å². The molecule has 8 heteroatoms. The van der Waals surface area contributed by atoms with Crippen molar-refractivity contribution in [3.05, 3.63) is 59.7 Å². The fourth-order valence-electron chi connectivity index (χ4n) is 2.48. The Morgan fingerprint density at radius 1 is 1.15 bits per heavy atom. The molecule has 0 aliphatic heterocycles. The molecule has 1 fully saturated rings. The molecule has 2 aromatic rings. The molecular formula is C18H22ClN3O3S. The number of halogens is 1. The summed E-state index contributed by atoms with van der Waals surface area (Å²) in [7, 11) is -3.59. The van der Waals surface area contributed by atoms with Crippen molar-refractivity contribution in [2.75, 3.05) is 5.32 Å². The Morgan fingerprint density at radius 3 is 2.42 bits per heavy atom. The van der Waals surface area contributed by atoms with Crippen LogP contribution >= 0.6 is 12.4 Å². The molecule has 4 N–H and O–H groups in total. The maximum atomic E-state index is 12.4. The van der Waals surface area contributed by atoms with E-state index in [0.29, 0.717) is 16.8 Å². The number of nitrogens with one attached hydrogen (secondary N) is 2. The normalized spacial score (nSPS) is 15.0. The van der Waals surface area contributed by atoms with Gasteiger partial charge in [-0.2, -0.15) is 0 Å². The molecule has 0 saturated heterocycles. The largest absolute Gasteiger partial charge is 0.324 e. The summed E-state index contributed by atoms with van der Waals surface area (Å²) in [6, 6.07) is 13.0. The topological polar surface area (TPSA) is 101 Å². The Morgan fingerprint density at radius 2 is 1.81 bits per heavy atom. The lowest BCUT2D eigenvalue weighted by molar-refractivity contribution is -0.117. The quantitative estimate of drug-likeness (QED) is 0.699. The van der Waals surface area contributed by atoms with Crippen molar-refractivity contribution in [3.8, 4) is 0 Å². The number of rotatable bonds is 6. The van der Waals surface area contributed by atoms with Crippen molar-refractivity contribution >= 4 is 34.0 Å². The second-order valence-corrected chi connectivity index (χ2v) is 7.94. The summed E-state index contributed by atoms with van der Waals surface area (Å²) >= 11 is 0. The Kier molecular flexibility index (Phi) is 6.41. The van der Waals surface area contributed by atoms with Gasteiger partial charge in [0.25, 0.3) is 0 Å². The first-order valence-corrected chi connectivity index (χ1v) is 9.59. The number of carbonyl (C=O) groups is 1. The van der Waals surface area contributed by atoms with E-state index < -0.39 is 22.0 Å². The molecular weight excluding hydrogens is 374 g/mol. The van der Waals surface area contributed by atoms with Gasteiger partial charge < -0.3 is 11.1 Å². The molecule has 1 aliphatic carbocycles. The van der Waals surface area contributed by atoms with E-state index in [-0.39, 0.29) is 23.3 Å². The van der Waals surface area contributed by atoms with E-state index in [9.17, 15) is 13.2 Å². The predicted molar refractivity (Wildman–Crippen MR) is 104 cm³/mol. The molecule has 1 saturated carbocycles. The minimum atomic E-state index is -3.59. The number of benzene rings is 2. The minimum Gasteiger partial charge on any atom is -0.324 e. The van der Waals surface area contributed by atoms with Crippen LogP contribution in [0.1, 0.15) is 30.0 Å². The van der Waals surface area contributed by atoms with E-state index in [4.69, 9.17) is 5.73 Å². The Bertz CT molecular complexity index is 884. The lowest BCUT2D eigenvalue weighted by Crippen LogP contribution is -2.28. The third-order valence-corrected chi connectivity index (χ3v) is 5.75. The fourth-order valence-corrected chi connectivity index (χ4v) is 4.06. The maximum absolute atomic E-state index is 12.4. The average molecular weight is 396 g/mol. The molecule has 1 aliphatic rings. The molecule has 2 aromatic carbocycles. The summed E-state index contributed by atoms with van der Waals surface area (Å²) in [4.78, 5) is 12.5. The van der Waals surface area contributed by atoms with E-state index in [0.717, 1.165) is 12.8 Å². The molecule has 26 heavy (non-hydrogen) atoms. The molecule has 6 nitrogen and oxygen atoms in total. The van der Waals surface area contributed by atoms with Crippen LogP contribution in [0.5, 0.6) is 0 Å². The monoisotopic (exact) mass is 395 g/mol. The third-order valence-electron chi connectivity index (χ3n) is 4.09. The van der Waals surface area contributed by atoms with Crippen molar-refractivity contribution in [1.29, 1.82) is 0 Å². The Balaban J connectivity index is 0.00000243. The second kappa shape index (κ2) is 8.18. The summed E-state index contributed by atoms with van der Waals surface area (Å²) in [5.41, 5.74) is 7.69. The van der Waals surface area contributed by atoms with Gasteiger partial charge in [0.2, 0.25) is 15.9 Å². The lowest BCUT2D eigenvalue weighted by Gasteiger charge is -2.14. The number of hydrogen-bond donors (Lipinski definition) is 3. The number of anilines is 1. The van der Waals surface area contributed by atoms with E-state index >= 15 is 0 Å². The van der Waals surface area contributed by atoms with Crippen molar-refractivity contribution in [2.45, 2.75) is 36.7 Å². The zero-order valence-electron chi connectivity index (χ0n) is 14.3. The Labute approximate surface area is 159 Å².